The van der Waals surface area contributed by atoms with E-state index in [1.165, 1.54) is 0 Å². The SMILES string of the molecule is CCOC(=O)CCCCCCC(=O)c1c(OC)cccc1OC. The fraction of sp³-hybridized carbons (Fsp3) is 0.556. The molecule has 5 heteroatoms. The Balaban J connectivity index is 2.39. The highest BCUT2D eigenvalue weighted by molar-refractivity contribution is 6.01. The first-order valence-corrected chi connectivity index (χ1v) is 8.03. The standard InChI is InChI=1S/C18H26O5/c1-4-23-17(20)13-8-6-5-7-10-14(19)18-15(21-2)11-9-12-16(18)22-3/h9,11-12H,4-8,10,13H2,1-3H3. The monoisotopic (exact) mass is 322 g/mol. The summed E-state index contributed by atoms with van der Waals surface area (Å²) in [5.74, 6) is 0.945. The van der Waals surface area contributed by atoms with E-state index in [1.807, 2.05) is 0 Å². The number of hydrogen-bond acceptors (Lipinski definition) is 5. The Bertz CT molecular complexity index is 488. The van der Waals surface area contributed by atoms with Crippen molar-refractivity contribution in [3.63, 3.8) is 0 Å². The van der Waals surface area contributed by atoms with Crippen LogP contribution in [-0.2, 0) is 9.53 Å². The number of rotatable bonds is 11. The molecule has 0 fully saturated rings. The number of carbonyl (C=O) groups excluding carboxylic acids is 2. The van der Waals surface area contributed by atoms with E-state index in [9.17, 15) is 9.59 Å². The van der Waals surface area contributed by atoms with Gasteiger partial charge < -0.3 is 14.2 Å². The fourth-order valence-corrected chi connectivity index (χ4v) is 2.39. The number of hydrogen-bond donors (Lipinski definition) is 0. The van der Waals surface area contributed by atoms with Crippen LogP contribution in [0.15, 0.2) is 18.2 Å². The lowest BCUT2D eigenvalue weighted by atomic mass is 10.0. The van der Waals surface area contributed by atoms with Crippen molar-refractivity contribution in [2.45, 2.75) is 45.4 Å². The predicted molar refractivity (Wildman–Crippen MR) is 88.2 cm³/mol. The zero-order valence-electron chi connectivity index (χ0n) is 14.2. The molecule has 0 amide bonds. The summed E-state index contributed by atoms with van der Waals surface area (Å²) in [5, 5.41) is 0. The number of Topliss-reactive ketones (excluding diaryl/α,β-unsaturated/α-hetero) is 1. The van der Waals surface area contributed by atoms with Crippen molar-refractivity contribution in [3.8, 4) is 11.5 Å². The van der Waals surface area contributed by atoms with Crippen molar-refractivity contribution >= 4 is 11.8 Å². The van der Waals surface area contributed by atoms with Gasteiger partial charge in [-0.1, -0.05) is 18.9 Å². The Kier molecular flexibility index (Phi) is 8.80. The first kappa shape index (κ1) is 19.0. The third-order valence-electron chi connectivity index (χ3n) is 3.55. The van der Waals surface area contributed by atoms with E-state index in [0.717, 1.165) is 25.7 Å². The van der Waals surface area contributed by atoms with E-state index < -0.39 is 0 Å². The second kappa shape index (κ2) is 10.6. The summed E-state index contributed by atoms with van der Waals surface area (Å²) in [6.07, 6.45) is 4.28. The maximum atomic E-state index is 12.4. The fourth-order valence-electron chi connectivity index (χ4n) is 2.39. The van der Waals surface area contributed by atoms with Crippen LogP contribution in [0, 0.1) is 0 Å². The maximum absolute atomic E-state index is 12.4. The first-order chi connectivity index (χ1) is 11.1. The smallest absolute Gasteiger partial charge is 0.305 e. The largest absolute Gasteiger partial charge is 0.496 e. The van der Waals surface area contributed by atoms with Crippen LogP contribution in [0.5, 0.6) is 11.5 Å². The topological polar surface area (TPSA) is 61.8 Å². The summed E-state index contributed by atoms with van der Waals surface area (Å²) in [4.78, 5) is 23.6. The molecular weight excluding hydrogens is 296 g/mol. The summed E-state index contributed by atoms with van der Waals surface area (Å²) in [5.41, 5.74) is 0.504. The summed E-state index contributed by atoms with van der Waals surface area (Å²) in [7, 11) is 3.09. The predicted octanol–water partition coefficient (Wildman–Crippen LogP) is 3.79. The van der Waals surface area contributed by atoms with Gasteiger partial charge in [-0.3, -0.25) is 9.59 Å². The summed E-state index contributed by atoms with van der Waals surface area (Å²) >= 11 is 0. The Hall–Kier alpha value is -2.04. The van der Waals surface area contributed by atoms with Crippen LogP contribution in [0.25, 0.3) is 0 Å². The van der Waals surface area contributed by atoms with Crippen LogP contribution in [0.2, 0.25) is 0 Å². The molecule has 23 heavy (non-hydrogen) atoms. The molecule has 128 valence electrons. The molecule has 0 aliphatic carbocycles. The summed E-state index contributed by atoms with van der Waals surface area (Å²) in [6, 6.07) is 5.31. The van der Waals surface area contributed by atoms with E-state index in [4.69, 9.17) is 14.2 Å². The minimum absolute atomic E-state index is 0.0182. The van der Waals surface area contributed by atoms with E-state index >= 15 is 0 Å². The highest BCUT2D eigenvalue weighted by Gasteiger charge is 2.17. The van der Waals surface area contributed by atoms with Gasteiger partial charge in [0, 0.05) is 12.8 Å². The quantitative estimate of drug-likeness (QED) is 0.352. The number of carbonyl (C=O) groups is 2. The number of unbranched alkanes of at least 4 members (excludes halogenated alkanes) is 3. The molecule has 0 aliphatic heterocycles. The van der Waals surface area contributed by atoms with Crippen LogP contribution >= 0.6 is 0 Å². The van der Waals surface area contributed by atoms with E-state index in [1.54, 1.807) is 39.3 Å². The van der Waals surface area contributed by atoms with Crippen molar-refractivity contribution in [2.24, 2.45) is 0 Å². The number of esters is 1. The Morgan fingerprint density at radius 1 is 0.913 bits per heavy atom. The van der Waals surface area contributed by atoms with E-state index in [0.29, 0.717) is 36.5 Å². The molecule has 0 spiro atoms. The third kappa shape index (κ3) is 6.30. The van der Waals surface area contributed by atoms with Crippen LogP contribution < -0.4 is 9.47 Å². The lowest BCUT2D eigenvalue weighted by Gasteiger charge is -2.11. The molecule has 0 heterocycles. The minimum atomic E-state index is -0.151. The van der Waals surface area contributed by atoms with Crippen LogP contribution in [0.1, 0.15) is 55.8 Å². The summed E-state index contributed by atoms with van der Waals surface area (Å²) < 4.78 is 15.4. The molecule has 1 rings (SSSR count). The van der Waals surface area contributed by atoms with Crippen LogP contribution in [0.3, 0.4) is 0 Å². The van der Waals surface area contributed by atoms with Crippen molar-refractivity contribution in [1.29, 1.82) is 0 Å². The Morgan fingerprint density at radius 3 is 2.00 bits per heavy atom. The molecule has 0 radical (unpaired) electrons. The molecule has 1 aromatic carbocycles. The van der Waals surface area contributed by atoms with Crippen molar-refractivity contribution < 1.29 is 23.8 Å². The van der Waals surface area contributed by atoms with Gasteiger partial charge in [0.15, 0.2) is 5.78 Å². The van der Waals surface area contributed by atoms with Gasteiger partial charge in [0.2, 0.25) is 0 Å². The molecule has 0 unspecified atom stereocenters. The van der Waals surface area contributed by atoms with E-state index in [-0.39, 0.29) is 11.8 Å². The average Bonchev–Trinajstić information content (AvgIpc) is 2.57. The molecular formula is C18H26O5. The summed E-state index contributed by atoms with van der Waals surface area (Å²) in [6.45, 7) is 2.23. The van der Waals surface area contributed by atoms with Crippen LogP contribution in [0.4, 0.5) is 0 Å². The van der Waals surface area contributed by atoms with Crippen molar-refractivity contribution in [1.82, 2.24) is 0 Å². The maximum Gasteiger partial charge on any atom is 0.305 e. The second-order valence-electron chi connectivity index (χ2n) is 5.18. The first-order valence-electron chi connectivity index (χ1n) is 8.03. The van der Waals surface area contributed by atoms with Gasteiger partial charge in [-0.2, -0.15) is 0 Å². The van der Waals surface area contributed by atoms with Gasteiger partial charge in [0.25, 0.3) is 0 Å². The lowest BCUT2D eigenvalue weighted by molar-refractivity contribution is -0.143. The molecule has 5 nitrogen and oxygen atoms in total. The molecule has 0 aromatic heterocycles. The number of ether oxygens (including phenoxy) is 3. The highest BCUT2D eigenvalue weighted by atomic mass is 16.5. The molecule has 0 bridgehead atoms. The molecule has 0 N–H and O–H groups in total. The van der Waals surface area contributed by atoms with Gasteiger partial charge in [0.05, 0.1) is 20.8 Å². The minimum Gasteiger partial charge on any atom is -0.496 e. The lowest BCUT2D eigenvalue weighted by Crippen LogP contribution is -2.05. The number of benzene rings is 1. The number of methoxy groups -OCH3 is 2. The van der Waals surface area contributed by atoms with Gasteiger partial charge >= 0.3 is 5.97 Å². The Morgan fingerprint density at radius 2 is 1.48 bits per heavy atom. The number of ketones is 1. The van der Waals surface area contributed by atoms with Crippen molar-refractivity contribution in [2.75, 3.05) is 20.8 Å². The zero-order chi connectivity index (χ0) is 17.1. The molecule has 0 aliphatic rings. The van der Waals surface area contributed by atoms with Gasteiger partial charge in [0.1, 0.15) is 17.1 Å². The van der Waals surface area contributed by atoms with Crippen molar-refractivity contribution in [3.05, 3.63) is 23.8 Å². The molecule has 0 saturated heterocycles. The Labute approximate surface area is 137 Å². The highest BCUT2D eigenvalue weighted by Crippen LogP contribution is 2.30. The zero-order valence-corrected chi connectivity index (χ0v) is 14.2. The van der Waals surface area contributed by atoms with Gasteiger partial charge in [-0.25, -0.2) is 0 Å². The molecule has 0 saturated carbocycles. The van der Waals surface area contributed by atoms with Gasteiger partial charge in [-0.05, 0) is 31.9 Å². The molecule has 1 aromatic rings. The van der Waals surface area contributed by atoms with E-state index in [2.05, 4.69) is 0 Å². The molecule has 0 atom stereocenters. The third-order valence-corrected chi connectivity index (χ3v) is 3.55. The van der Waals surface area contributed by atoms with Crippen LogP contribution in [-0.4, -0.2) is 32.6 Å². The average molecular weight is 322 g/mol. The second-order valence-corrected chi connectivity index (χ2v) is 5.18. The van der Waals surface area contributed by atoms with Gasteiger partial charge in [-0.15, -0.1) is 0 Å². The normalized spacial score (nSPS) is 10.2.